The Kier molecular flexibility index (Phi) is 7.64. The highest BCUT2D eigenvalue weighted by Gasteiger charge is 2.45. The van der Waals surface area contributed by atoms with E-state index in [1.54, 1.807) is 6.92 Å². The van der Waals surface area contributed by atoms with Gasteiger partial charge >= 0.3 is 5.97 Å². The number of rotatable bonds is 11. The van der Waals surface area contributed by atoms with Gasteiger partial charge in [0.05, 0.1) is 18.2 Å². The molecule has 4 aromatic rings. The lowest BCUT2D eigenvalue weighted by molar-refractivity contribution is -0.137. The second-order valence-electron chi connectivity index (χ2n) is 10.6. The molecular formula is C33H34N2O4. The first-order valence-corrected chi connectivity index (χ1v) is 13.5. The first kappa shape index (κ1) is 26.4. The first-order chi connectivity index (χ1) is 18.8. The third kappa shape index (κ3) is 6.11. The van der Waals surface area contributed by atoms with Gasteiger partial charge in [-0.2, -0.15) is 0 Å². The van der Waals surface area contributed by atoms with Crippen LogP contribution in [0.25, 0.3) is 22.5 Å². The molecule has 0 bridgehead atoms. The number of carboxylic acids is 1. The monoisotopic (exact) mass is 522 g/mol. The van der Waals surface area contributed by atoms with Crippen molar-refractivity contribution in [2.45, 2.75) is 63.8 Å². The van der Waals surface area contributed by atoms with Gasteiger partial charge in [0.15, 0.2) is 5.76 Å². The van der Waals surface area contributed by atoms with E-state index in [-0.39, 0.29) is 23.8 Å². The number of aliphatic carboxylic acids is 1. The van der Waals surface area contributed by atoms with Crippen molar-refractivity contribution in [3.8, 4) is 22.5 Å². The summed E-state index contributed by atoms with van der Waals surface area (Å²) in [5.41, 5.74) is 7.17. The molecule has 200 valence electrons. The standard InChI is InChI=1S/C33H34N2O4/c1-22-29(9-6-10-30(34-23(2)36)26-7-4-3-5-8-26)32(39-35-22)27-13-11-24(12-14-27)25-15-17-28(18-16-25)33(19-20-33)21-31(37)38/h3-5,7-8,11-18,30H,6,9-10,19-21H2,1-2H3,(H,34,36)(H,37,38). The zero-order valence-electron chi connectivity index (χ0n) is 22.4. The van der Waals surface area contributed by atoms with Crippen LogP contribution in [-0.2, 0) is 21.4 Å². The Labute approximate surface area is 229 Å². The molecule has 0 aliphatic heterocycles. The molecule has 1 aromatic heterocycles. The van der Waals surface area contributed by atoms with E-state index in [9.17, 15) is 14.7 Å². The summed E-state index contributed by atoms with van der Waals surface area (Å²) in [5, 5.41) is 16.6. The number of nitrogens with one attached hydrogen (secondary N) is 1. The number of nitrogens with zero attached hydrogens (tertiary/aromatic N) is 1. The van der Waals surface area contributed by atoms with E-state index in [4.69, 9.17) is 4.52 Å². The lowest BCUT2D eigenvalue weighted by Gasteiger charge is -2.18. The molecule has 6 heteroatoms. The van der Waals surface area contributed by atoms with Crippen molar-refractivity contribution in [2.75, 3.05) is 0 Å². The fraction of sp³-hybridized carbons (Fsp3) is 0.303. The van der Waals surface area contributed by atoms with Crippen molar-refractivity contribution in [1.29, 1.82) is 0 Å². The van der Waals surface area contributed by atoms with Crippen LogP contribution in [0.5, 0.6) is 0 Å². The number of carbonyl (C=O) groups is 2. The van der Waals surface area contributed by atoms with Crippen molar-refractivity contribution in [3.63, 3.8) is 0 Å². The number of benzene rings is 3. The molecule has 1 heterocycles. The zero-order valence-corrected chi connectivity index (χ0v) is 22.4. The fourth-order valence-electron chi connectivity index (χ4n) is 5.48. The average molecular weight is 523 g/mol. The van der Waals surface area contributed by atoms with Crippen molar-refractivity contribution >= 4 is 11.9 Å². The molecule has 1 aliphatic carbocycles. The summed E-state index contributed by atoms with van der Waals surface area (Å²) in [5.74, 6) is 0.0141. The molecule has 1 atom stereocenters. The molecule has 3 aromatic carbocycles. The van der Waals surface area contributed by atoms with E-state index >= 15 is 0 Å². The molecule has 0 saturated heterocycles. The van der Waals surface area contributed by atoms with Crippen molar-refractivity contribution in [3.05, 3.63) is 101 Å². The van der Waals surface area contributed by atoms with E-state index < -0.39 is 5.97 Å². The van der Waals surface area contributed by atoms with Crippen LogP contribution in [0.2, 0.25) is 0 Å². The average Bonchev–Trinajstić information content (AvgIpc) is 3.62. The van der Waals surface area contributed by atoms with Crippen LogP contribution in [-0.4, -0.2) is 22.1 Å². The predicted octanol–water partition coefficient (Wildman–Crippen LogP) is 7.02. The number of amides is 1. The van der Waals surface area contributed by atoms with Gasteiger partial charge in [-0.1, -0.05) is 84.0 Å². The Bertz CT molecular complexity index is 1440. The minimum Gasteiger partial charge on any atom is -0.481 e. The number of hydrogen-bond acceptors (Lipinski definition) is 4. The number of carboxylic acid groups (broad SMARTS) is 1. The van der Waals surface area contributed by atoms with Gasteiger partial charge in [-0.3, -0.25) is 9.59 Å². The molecule has 6 nitrogen and oxygen atoms in total. The third-order valence-electron chi connectivity index (χ3n) is 7.80. The van der Waals surface area contributed by atoms with Gasteiger partial charge in [0.25, 0.3) is 0 Å². The van der Waals surface area contributed by atoms with Crippen LogP contribution >= 0.6 is 0 Å². The summed E-state index contributed by atoms with van der Waals surface area (Å²) in [7, 11) is 0. The minimum atomic E-state index is -0.738. The van der Waals surface area contributed by atoms with E-state index in [0.717, 1.165) is 76.9 Å². The van der Waals surface area contributed by atoms with Gasteiger partial charge in [-0.25, -0.2) is 0 Å². The van der Waals surface area contributed by atoms with E-state index in [1.807, 2.05) is 37.3 Å². The molecule has 1 unspecified atom stereocenters. The van der Waals surface area contributed by atoms with E-state index in [0.29, 0.717) is 0 Å². The fourth-order valence-corrected chi connectivity index (χ4v) is 5.48. The van der Waals surface area contributed by atoms with Gasteiger partial charge < -0.3 is 14.9 Å². The van der Waals surface area contributed by atoms with Gasteiger partial charge in [0.2, 0.25) is 5.91 Å². The van der Waals surface area contributed by atoms with E-state index in [2.05, 4.69) is 59.0 Å². The summed E-state index contributed by atoms with van der Waals surface area (Å²) < 4.78 is 5.76. The van der Waals surface area contributed by atoms with Gasteiger partial charge in [0, 0.05) is 23.5 Å². The summed E-state index contributed by atoms with van der Waals surface area (Å²) in [6.07, 6.45) is 4.56. The SMILES string of the molecule is CC(=O)NC(CCCc1c(C)noc1-c1ccc(-c2ccc(C3(CC(=O)O)CC3)cc2)cc1)c1ccccc1. The van der Waals surface area contributed by atoms with Crippen LogP contribution in [0.1, 0.15) is 67.5 Å². The second kappa shape index (κ2) is 11.3. The van der Waals surface area contributed by atoms with Crippen molar-refractivity contribution in [1.82, 2.24) is 10.5 Å². The summed E-state index contributed by atoms with van der Waals surface area (Å²) in [4.78, 5) is 23.0. The van der Waals surface area contributed by atoms with Crippen molar-refractivity contribution in [2.24, 2.45) is 0 Å². The number of aromatic nitrogens is 1. The highest BCUT2D eigenvalue weighted by atomic mass is 16.5. The molecule has 1 aliphatic rings. The smallest absolute Gasteiger partial charge is 0.304 e. The van der Waals surface area contributed by atoms with Crippen molar-refractivity contribution < 1.29 is 19.2 Å². The van der Waals surface area contributed by atoms with E-state index in [1.165, 1.54) is 0 Å². The summed E-state index contributed by atoms with van der Waals surface area (Å²) >= 11 is 0. The minimum absolute atomic E-state index is 0.0306. The molecule has 1 saturated carbocycles. The molecule has 5 rings (SSSR count). The molecule has 1 amide bonds. The molecule has 0 radical (unpaired) electrons. The summed E-state index contributed by atoms with van der Waals surface area (Å²) in [6.45, 7) is 3.52. The second-order valence-corrected chi connectivity index (χ2v) is 10.6. The largest absolute Gasteiger partial charge is 0.481 e. The Morgan fingerprint density at radius 3 is 2.15 bits per heavy atom. The Morgan fingerprint density at radius 1 is 0.949 bits per heavy atom. The van der Waals surface area contributed by atoms with Gasteiger partial charge in [-0.05, 0) is 61.3 Å². The van der Waals surface area contributed by atoms with Gasteiger partial charge in [0.1, 0.15) is 0 Å². The maximum Gasteiger partial charge on any atom is 0.304 e. The van der Waals surface area contributed by atoms with Crippen LogP contribution < -0.4 is 5.32 Å². The predicted molar refractivity (Wildman–Crippen MR) is 151 cm³/mol. The Hall–Kier alpha value is -4.19. The van der Waals surface area contributed by atoms with Crippen LogP contribution in [0.4, 0.5) is 0 Å². The Morgan fingerprint density at radius 2 is 1.56 bits per heavy atom. The van der Waals surface area contributed by atoms with Gasteiger partial charge in [-0.15, -0.1) is 0 Å². The van der Waals surface area contributed by atoms with Crippen LogP contribution in [0, 0.1) is 6.92 Å². The number of carbonyl (C=O) groups excluding carboxylic acids is 1. The lowest BCUT2D eigenvalue weighted by atomic mass is 9.90. The molecule has 1 fully saturated rings. The molecular weight excluding hydrogens is 488 g/mol. The molecule has 0 spiro atoms. The Balaban J connectivity index is 1.27. The zero-order chi connectivity index (χ0) is 27.4. The maximum absolute atomic E-state index is 11.8. The van der Waals surface area contributed by atoms with Crippen LogP contribution in [0.15, 0.2) is 83.4 Å². The number of aryl methyl sites for hydroxylation is 1. The highest BCUT2D eigenvalue weighted by molar-refractivity contribution is 5.73. The highest BCUT2D eigenvalue weighted by Crippen LogP contribution is 2.51. The topological polar surface area (TPSA) is 92.4 Å². The third-order valence-corrected chi connectivity index (χ3v) is 7.80. The lowest BCUT2D eigenvalue weighted by Crippen LogP contribution is -2.26. The first-order valence-electron chi connectivity index (χ1n) is 13.5. The van der Waals surface area contributed by atoms with Crippen LogP contribution in [0.3, 0.4) is 0 Å². The number of hydrogen-bond donors (Lipinski definition) is 2. The quantitative estimate of drug-likeness (QED) is 0.221. The molecule has 2 N–H and O–H groups in total. The molecule has 39 heavy (non-hydrogen) atoms. The maximum atomic E-state index is 11.8. The summed E-state index contributed by atoms with van der Waals surface area (Å²) in [6, 6.07) is 26.6. The normalized spacial score (nSPS) is 14.5.